The summed E-state index contributed by atoms with van der Waals surface area (Å²) in [6, 6.07) is 2.87. The van der Waals surface area contributed by atoms with Crippen LogP contribution in [0.5, 0.6) is 0 Å². The van der Waals surface area contributed by atoms with Crippen molar-refractivity contribution in [2.75, 3.05) is 0 Å². The fraction of sp³-hybridized carbons (Fsp3) is 0.684. The Bertz CT molecular complexity index is 522. The number of carbonyl (C=O) groups excluding carboxylic acids is 2. The lowest BCUT2D eigenvalue weighted by Crippen LogP contribution is -2.42. The topological polar surface area (TPSA) is 61.8 Å². The maximum Gasteiger partial charge on any atom is 0.333 e. The van der Waals surface area contributed by atoms with E-state index in [0.29, 0.717) is 12.0 Å². The van der Waals surface area contributed by atoms with Gasteiger partial charge in [0.15, 0.2) is 8.32 Å². The second kappa shape index (κ2) is 9.92. The predicted molar refractivity (Wildman–Crippen MR) is 100 cm³/mol. The molecule has 142 valence electrons. The van der Waals surface area contributed by atoms with E-state index in [9.17, 15) is 9.59 Å². The highest BCUT2D eigenvalue weighted by molar-refractivity contribution is 6.73. The molecule has 0 spiro atoms. The molecule has 0 aliphatic carbocycles. The number of esters is 2. The van der Waals surface area contributed by atoms with E-state index in [1.165, 1.54) is 18.6 Å². The highest BCUT2D eigenvalue weighted by atomic mass is 28.4. The third-order valence-electron chi connectivity index (χ3n) is 4.73. The summed E-state index contributed by atoms with van der Waals surface area (Å²) >= 11 is 0. The van der Waals surface area contributed by atoms with Gasteiger partial charge in [0.1, 0.15) is 6.10 Å². The van der Waals surface area contributed by atoms with E-state index in [2.05, 4.69) is 26.8 Å². The maximum absolute atomic E-state index is 11.9. The Labute approximate surface area is 152 Å². The smallest absolute Gasteiger partial charge is 0.333 e. The van der Waals surface area contributed by atoms with Gasteiger partial charge in [-0.1, -0.05) is 32.4 Å². The standard InChI is InChI=1S/C19H32O5Si/c1-7-25(8-2,9-3)24-19-16(13-18(21)23-19)17(22-15(6)20)12-10-11-14(4)5/h11,13,17,19H,7-10,12H2,1-6H3. The lowest BCUT2D eigenvalue weighted by molar-refractivity contribution is -0.152. The molecule has 5 nitrogen and oxygen atoms in total. The van der Waals surface area contributed by atoms with Crippen LogP contribution in [0.1, 0.15) is 54.4 Å². The first kappa shape index (κ1) is 21.6. The Morgan fingerprint density at radius 3 is 2.32 bits per heavy atom. The molecule has 1 aliphatic heterocycles. The number of ether oxygens (including phenoxy) is 2. The van der Waals surface area contributed by atoms with Crippen LogP contribution >= 0.6 is 0 Å². The third-order valence-corrected chi connectivity index (χ3v) is 9.31. The van der Waals surface area contributed by atoms with E-state index in [4.69, 9.17) is 13.9 Å². The summed E-state index contributed by atoms with van der Waals surface area (Å²) in [6.45, 7) is 11.8. The number of rotatable bonds is 10. The van der Waals surface area contributed by atoms with Crippen LogP contribution < -0.4 is 0 Å². The van der Waals surface area contributed by atoms with E-state index in [-0.39, 0.29) is 5.97 Å². The summed E-state index contributed by atoms with van der Waals surface area (Å²) in [7, 11) is -1.96. The zero-order valence-electron chi connectivity index (χ0n) is 16.4. The fourth-order valence-electron chi connectivity index (χ4n) is 2.99. The molecule has 1 rings (SSSR count). The summed E-state index contributed by atoms with van der Waals surface area (Å²) in [4.78, 5) is 23.4. The number of carbonyl (C=O) groups is 2. The number of hydrogen-bond donors (Lipinski definition) is 0. The zero-order valence-corrected chi connectivity index (χ0v) is 17.4. The molecular formula is C19H32O5Si. The lowest BCUT2D eigenvalue weighted by Gasteiger charge is -2.33. The van der Waals surface area contributed by atoms with E-state index < -0.39 is 26.7 Å². The van der Waals surface area contributed by atoms with Crippen molar-refractivity contribution in [2.24, 2.45) is 0 Å². The van der Waals surface area contributed by atoms with Crippen molar-refractivity contribution < 1.29 is 23.5 Å². The van der Waals surface area contributed by atoms with Gasteiger partial charge in [-0.3, -0.25) is 4.79 Å². The molecule has 0 N–H and O–H groups in total. The molecule has 0 aromatic heterocycles. The van der Waals surface area contributed by atoms with Crippen molar-refractivity contribution in [3.63, 3.8) is 0 Å². The summed E-state index contributed by atoms with van der Waals surface area (Å²) in [5.41, 5.74) is 1.84. The fourth-order valence-corrected chi connectivity index (χ4v) is 5.63. The van der Waals surface area contributed by atoms with Gasteiger partial charge in [0.25, 0.3) is 0 Å². The molecule has 2 unspecified atom stereocenters. The van der Waals surface area contributed by atoms with Crippen molar-refractivity contribution in [3.8, 4) is 0 Å². The molecule has 0 bridgehead atoms. The second-order valence-corrected chi connectivity index (χ2v) is 11.5. The molecule has 2 atom stereocenters. The maximum atomic E-state index is 11.9. The molecule has 1 heterocycles. The Balaban J connectivity index is 2.99. The van der Waals surface area contributed by atoms with Gasteiger partial charge in [-0.15, -0.1) is 0 Å². The largest absolute Gasteiger partial charge is 0.458 e. The zero-order chi connectivity index (χ0) is 19.0. The highest BCUT2D eigenvalue weighted by Crippen LogP contribution is 2.32. The van der Waals surface area contributed by atoms with E-state index in [0.717, 1.165) is 24.6 Å². The molecule has 0 fully saturated rings. The Morgan fingerprint density at radius 2 is 1.84 bits per heavy atom. The van der Waals surface area contributed by atoms with Gasteiger partial charge in [0.2, 0.25) is 6.29 Å². The Morgan fingerprint density at radius 1 is 1.24 bits per heavy atom. The van der Waals surface area contributed by atoms with E-state index in [1.54, 1.807) is 0 Å². The lowest BCUT2D eigenvalue weighted by atomic mass is 10.0. The van der Waals surface area contributed by atoms with Crippen molar-refractivity contribution in [1.82, 2.24) is 0 Å². The summed E-state index contributed by atoms with van der Waals surface area (Å²) < 4.78 is 17.2. The van der Waals surface area contributed by atoms with Gasteiger partial charge >= 0.3 is 11.9 Å². The molecule has 1 aliphatic rings. The summed E-state index contributed by atoms with van der Waals surface area (Å²) in [6.07, 6.45) is 3.66. The second-order valence-electron chi connectivity index (χ2n) is 6.73. The summed E-state index contributed by atoms with van der Waals surface area (Å²) in [5.74, 6) is -0.795. The Hall–Kier alpha value is -1.40. The van der Waals surface area contributed by atoms with E-state index in [1.807, 2.05) is 13.8 Å². The Kier molecular flexibility index (Phi) is 8.59. The molecule has 0 aromatic rings. The van der Waals surface area contributed by atoms with Crippen LogP contribution in [0.4, 0.5) is 0 Å². The first-order chi connectivity index (χ1) is 11.8. The van der Waals surface area contributed by atoms with Gasteiger partial charge in [0.05, 0.1) is 0 Å². The van der Waals surface area contributed by atoms with Crippen molar-refractivity contribution in [3.05, 3.63) is 23.3 Å². The van der Waals surface area contributed by atoms with Gasteiger partial charge in [-0.05, 0) is 44.8 Å². The van der Waals surface area contributed by atoms with Crippen LogP contribution in [0.15, 0.2) is 23.3 Å². The number of hydrogen-bond acceptors (Lipinski definition) is 5. The third kappa shape index (κ3) is 6.43. The molecule has 0 saturated carbocycles. The quantitative estimate of drug-likeness (QED) is 0.323. The molecule has 6 heteroatoms. The molecular weight excluding hydrogens is 336 g/mol. The first-order valence-corrected chi connectivity index (χ1v) is 11.7. The molecule has 0 saturated heterocycles. The van der Waals surface area contributed by atoms with Crippen LogP contribution in [-0.2, 0) is 23.5 Å². The van der Waals surface area contributed by atoms with Crippen LogP contribution in [0.25, 0.3) is 0 Å². The van der Waals surface area contributed by atoms with Gasteiger partial charge in [0, 0.05) is 18.6 Å². The van der Waals surface area contributed by atoms with Crippen molar-refractivity contribution >= 4 is 20.3 Å². The van der Waals surface area contributed by atoms with E-state index >= 15 is 0 Å². The molecule has 0 amide bonds. The predicted octanol–water partition coefficient (Wildman–Crippen LogP) is 4.50. The van der Waals surface area contributed by atoms with Gasteiger partial charge in [-0.25, -0.2) is 4.79 Å². The monoisotopic (exact) mass is 368 g/mol. The minimum atomic E-state index is -1.96. The highest BCUT2D eigenvalue weighted by Gasteiger charge is 2.40. The van der Waals surface area contributed by atoms with Crippen LogP contribution in [0, 0.1) is 0 Å². The molecule has 0 aromatic carbocycles. The van der Waals surface area contributed by atoms with Gasteiger partial charge in [-0.2, -0.15) is 0 Å². The SMILES string of the molecule is CC[Si](CC)(CC)OC1OC(=O)C=C1C(CCC=C(C)C)OC(C)=O. The van der Waals surface area contributed by atoms with Crippen LogP contribution in [0.2, 0.25) is 18.1 Å². The average Bonchev–Trinajstić information content (AvgIpc) is 2.91. The minimum Gasteiger partial charge on any atom is -0.458 e. The molecule has 25 heavy (non-hydrogen) atoms. The summed E-state index contributed by atoms with van der Waals surface area (Å²) in [5, 5.41) is 0. The molecule has 0 radical (unpaired) electrons. The van der Waals surface area contributed by atoms with Crippen molar-refractivity contribution in [2.45, 2.75) is 84.9 Å². The van der Waals surface area contributed by atoms with Crippen LogP contribution in [0.3, 0.4) is 0 Å². The normalized spacial score (nSPS) is 18.4. The van der Waals surface area contributed by atoms with Crippen LogP contribution in [-0.4, -0.2) is 32.6 Å². The average molecular weight is 369 g/mol. The number of allylic oxidation sites excluding steroid dienone is 2. The van der Waals surface area contributed by atoms with Crippen molar-refractivity contribution in [1.29, 1.82) is 0 Å². The first-order valence-electron chi connectivity index (χ1n) is 9.17. The number of cyclic esters (lactones) is 1. The minimum absolute atomic E-state index is 0.369. The van der Waals surface area contributed by atoms with Gasteiger partial charge < -0.3 is 13.9 Å².